The molecular formula is C18H32N4O3. The van der Waals surface area contributed by atoms with Crippen LogP contribution in [0.25, 0.3) is 0 Å². The average molecular weight is 352 g/mol. The summed E-state index contributed by atoms with van der Waals surface area (Å²) in [6.45, 7) is 8.33. The highest BCUT2D eigenvalue weighted by atomic mass is 16.5. The first-order valence-corrected chi connectivity index (χ1v) is 8.74. The van der Waals surface area contributed by atoms with Gasteiger partial charge in [-0.3, -0.25) is 4.99 Å². The third-order valence-electron chi connectivity index (χ3n) is 3.48. The molecule has 0 fully saturated rings. The second kappa shape index (κ2) is 12.4. The zero-order chi connectivity index (χ0) is 18.5. The predicted octanol–water partition coefficient (Wildman–Crippen LogP) is 2.18. The molecule has 0 atom stereocenters. The van der Waals surface area contributed by atoms with Gasteiger partial charge in [0, 0.05) is 26.3 Å². The highest BCUT2D eigenvalue weighted by molar-refractivity contribution is 5.94. The average Bonchev–Trinajstić information content (AvgIpc) is 2.59. The Morgan fingerprint density at radius 1 is 1.20 bits per heavy atom. The Morgan fingerprint density at radius 3 is 2.64 bits per heavy atom. The van der Waals surface area contributed by atoms with Crippen molar-refractivity contribution in [2.75, 3.05) is 58.9 Å². The van der Waals surface area contributed by atoms with Gasteiger partial charge < -0.3 is 30.2 Å². The van der Waals surface area contributed by atoms with E-state index in [1.807, 2.05) is 32.0 Å². The molecule has 0 bridgehead atoms. The summed E-state index contributed by atoms with van der Waals surface area (Å²) in [5.41, 5.74) is 6.76. The number of hydrogen-bond donors (Lipinski definition) is 2. The lowest BCUT2D eigenvalue weighted by atomic mass is 10.2. The second-order valence-electron chi connectivity index (χ2n) is 5.57. The summed E-state index contributed by atoms with van der Waals surface area (Å²) in [7, 11) is 3.78. The van der Waals surface area contributed by atoms with Crippen LogP contribution in [-0.4, -0.2) is 64.5 Å². The van der Waals surface area contributed by atoms with Gasteiger partial charge in [0.15, 0.2) is 5.96 Å². The fourth-order valence-electron chi connectivity index (χ4n) is 2.22. The number of methoxy groups -OCH3 is 1. The quantitative estimate of drug-likeness (QED) is 0.341. The minimum atomic E-state index is 0.370. The fraction of sp³-hybridized carbons (Fsp3) is 0.611. The molecule has 1 aromatic carbocycles. The van der Waals surface area contributed by atoms with Crippen LogP contribution in [-0.2, 0) is 4.74 Å². The molecule has 1 rings (SSSR count). The van der Waals surface area contributed by atoms with Crippen molar-refractivity contribution in [3.8, 4) is 11.5 Å². The van der Waals surface area contributed by atoms with Gasteiger partial charge in [-0.15, -0.1) is 0 Å². The van der Waals surface area contributed by atoms with Crippen molar-refractivity contribution >= 4 is 11.6 Å². The second-order valence-corrected chi connectivity index (χ2v) is 5.57. The topological polar surface area (TPSA) is 81.3 Å². The number of aliphatic imine (C=N–C) groups is 1. The molecule has 0 radical (unpaired) electrons. The Hall–Kier alpha value is -1.99. The molecule has 0 amide bonds. The molecule has 142 valence electrons. The van der Waals surface area contributed by atoms with E-state index < -0.39 is 0 Å². The molecule has 25 heavy (non-hydrogen) atoms. The van der Waals surface area contributed by atoms with Gasteiger partial charge in [-0.05, 0) is 46.0 Å². The van der Waals surface area contributed by atoms with E-state index in [-0.39, 0.29) is 0 Å². The van der Waals surface area contributed by atoms with E-state index in [9.17, 15) is 0 Å². The number of rotatable bonds is 12. The molecule has 0 aliphatic heterocycles. The van der Waals surface area contributed by atoms with Gasteiger partial charge in [0.2, 0.25) is 0 Å². The van der Waals surface area contributed by atoms with Gasteiger partial charge in [-0.25, -0.2) is 0 Å². The number of nitrogens with one attached hydrogen (secondary N) is 1. The lowest BCUT2D eigenvalue weighted by molar-refractivity contribution is 0.161. The van der Waals surface area contributed by atoms with Gasteiger partial charge in [-0.2, -0.15) is 0 Å². The van der Waals surface area contributed by atoms with Crippen LogP contribution >= 0.6 is 0 Å². The van der Waals surface area contributed by atoms with E-state index in [0.717, 1.165) is 43.3 Å². The molecule has 0 aromatic heterocycles. The first kappa shape index (κ1) is 21.1. The minimum absolute atomic E-state index is 0.370. The third kappa shape index (κ3) is 8.60. The molecule has 0 spiro atoms. The lowest BCUT2D eigenvalue weighted by Gasteiger charge is -2.15. The monoisotopic (exact) mass is 352 g/mol. The van der Waals surface area contributed by atoms with Crippen molar-refractivity contribution < 1.29 is 14.2 Å². The smallest absolute Gasteiger partial charge is 0.193 e. The van der Waals surface area contributed by atoms with Crippen LogP contribution in [0.3, 0.4) is 0 Å². The van der Waals surface area contributed by atoms with E-state index >= 15 is 0 Å². The van der Waals surface area contributed by atoms with Gasteiger partial charge in [-0.1, -0.05) is 0 Å². The zero-order valence-corrected chi connectivity index (χ0v) is 15.9. The summed E-state index contributed by atoms with van der Waals surface area (Å²) in [5.74, 6) is 1.86. The first-order valence-electron chi connectivity index (χ1n) is 8.74. The van der Waals surface area contributed by atoms with E-state index in [4.69, 9.17) is 19.9 Å². The van der Waals surface area contributed by atoms with E-state index in [1.54, 1.807) is 7.11 Å². The molecule has 7 nitrogen and oxygen atoms in total. The number of ether oxygens (including phenoxy) is 3. The maximum atomic E-state index is 6.00. The van der Waals surface area contributed by atoms with Gasteiger partial charge in [0.25, 0.3) is 0 Å². The molecule has 0 heterocycles. The van der Waals surface area contributed by atoms with Crippen LogP contribution in [0.5, 0.6) is 11.5 Å². The minimum Gasteiger partial charge on any atom is -0.494 e. The Bertz CT molecular complexity index is 523. The van der Waals surface area contributed by atoms with Crippen LogP contribution in [0.1, 0.15) is 20.3 Å². The molecule has 0 aliphatic carbocycles. The maximum Gasteiger partial charge on any atom is 0.193 e. The maximum absolute atomic E-state index is 6.00. The van der Waals surface area contributed by atoms with Crippen LogP contribution in [0.2, 0.25) is 0 Å². The van der Waals surface area contributed by atoms with Crippen molar-refractivity contribution in [3.05, 3.63) is 18.2 Å². The molecule has 7 heteroatoms. The highest BCUT2D eigenvalue weighted by Gasteiger charge is 2.07. The van der Waals surface area contributed by atoms with Gasteiger partial charge >= 0.3 is 0 Å². The van der Waals surface area contributed by atoms with Crippen molar-refractivity contribution in [3.63, 3.8) is 0 Å². The number of likely N-dealkylation sites (N-methyl/N-ethyl adjacent to an activating group) is 1. The molecule has 0 saturated carbocycles. The van der Waals surface area contributed by atoms with Crippen LogP contribution in [0.15, 0.2) is 23.2 Å². The third-order valence-corrected chi connectivity index (χ3v) is 3.48. The van der Waals surface area contributed by atoms with Crippen molar-refractivity contribution in [2.24, 2.45) is 10.7 Å². The Balaban J connectivity index is 2.56. The normalized spacial score (nSPS) is 11.6. The highest BCUT2D eigenvalue weighted by Crippen LogP contribution is 2.29. The summed E-state index contributed by atoms with van der Waals surface area (Å²) >= 11 is 0. The number of nitrogens with zero attached hydrogens (tertiary/aromatic N) is 2. The van der Waals surface area contributed by atoms with Crippen LogP contribution in [0.4, 0.5) is 5.69 Å². The molecule has 3 N–H and O–H groups in total. The van der Waals surface area contributed by atoms with E-state index in [1.165, 1.54) is 0 Å². The van der Waals surface area contributed by atoms with Crippen molar-refractivity contribution in [1.82, 2.24) is 4.90 Å². The number of nitrogens with two attached hydrogens (primary N) is 1. The standard InChI is InChI=1S/C18H32N4O3/c1-5-24-15-8-9-17(25-6-2)16(14-15)21-18(19)20-10-7-11-22(3)12-13-23-4/h8-9,14H,5-7,10-13H2,1-4H3,(H3,19,20,21). The van der Waals surface area contributed by atoms with E-state index in [2.05, 4.69) is 22.3 Å². The Kier molecular flexibility index (Phi) is 10.4. The Labute approximate surface area is 151 Å². The van der Waals surface area contributed by atoms with Crippen molar-refractivity contribution in [2.45, 2.75) is 20.3 Å². The number of anilines is 1. The molecule has 1 aromatic rings. The summed E-state index contributed by atoms with van der Waals surface area (Å²) in [6, 6.07) is 5.62. The SMILES string of the molecule is CCOc1ccc(OCC)c(NC(N)=NCCCN(C)CCOC)c1. The molecule has 0 aliphatic rings. The summed E-state index contributed by atoms with van der Waals surface area (Å²) in [6.07, 6.45) is 0.930. The van der Waals surface area contributed by atoms with Crippen LogP contribution < -0.4 is 20.5 Å². The van der Waals surface area contributed by atoms with Gasteiger partial charge in [0.05, 0.1) is 25.5 Å². The number of guanidine groups is 1. The number of benzene rings is 1. The summed E-state index contributed by atoms with van der Waals surface area (Å²) < 4.78 is 16.2. The summed E-state index contributed by atoms with van der Waals surface area (Å²) in [4.78, 5) is 6.59. The first-order chi connectivity index (χ1) is 12.1. The fourth-order valence-corrected chi connectivity index (χ4v) is 2.22. The Morgan fingerprint density at radius 2 is 1.96 bits per heavy atom. The van der Waals surface area contributed by atoms with Crippen molar-refractivity contribution in [1.29, 1.82) is 0 Å². The van der Waals surface area contributed by atoms with E-state index in [0.29, 0.717) is 25.7 Å². The molecule has 0 unspecified atom stereocenters. The molecular weight excluding hydrogens is 320 g/mol. The lowest BCUT2D eigenvalue weighted by Crippen LogP contribution is -2.26. The van der Waals surface area contributed by atoms with Crippen LogP contribution in [0, 0.1) is 0 Å². The largest absolute Gasteiger partial charge is 0.494 e. The predicted molar refractivity (Wildman–Crippen MR) is 103 cm³/mol. The molecule has 0 saturated heterocycles. The summed E-state index contributed by atoms with van der Waals surface area (Å²) in [5, 5.41) is 3.11. The van der Waals surface area contributed by atoms with Gasteiger partial charge in [0.1, 0.15) is 11.5 Å². The number of hydrogen-bond acceptors (Lipinski definition) is 5. The zero-order valence-electron chi connectivity index (χ0n) is 15.9.